The van der Waals surface area contributed by atoms with Crippen molar-refractivity contribution in [3.8, 4) is 0 Å². The van der Waals surface area contributed by atoms with Gasteiger partial charge in [-0.05, 0) is 19.8 Å². The predicted molar refractivity (Wildman–Crippen MR) is 86.5 cm³/mol. The Kier molecular flexibility index (Phi) is 4.18. The number of aryl methyl sites for hydroxylation is 1. The largest absolute Gasteiger partial charge is 0.368 e. The first-order valence-corrected chi connectivity index (χ1v) is 8.14. The van der Waals surface area contributed by atoms with E-state index in [0.29, 0.717) is 30.2 Å². The number of anilines is 2. The van der Waals surface area contributed by atoms with Gasteiger partial charge < -0.3 is 15.5 Å². The van der Waals surface area contributed by atoms with Crippen LogP contribution >= 0.6 is 0 Å². The molecule has 3 rings (SSSR count). The fourth-order valence-corrected chi connectivity index (χ4v) is 3.75. The van der Waals surface area contributed by atoms with Crippen LogP contribution in [0.15, 0.2) is 6.07 Å². The van der Waals surface area contributed by atoms with Crippen molar-refractivity contribution in [2.24, 2.45) is 5.92 Å². The Balaban J connectivity index is 1.62. The summed E-state index contributed by atoms with van der Waals surface area (Å²) in [4.78, 5) is 24.8. The third kappa shape index (κ3) is 3.15. The van der Waals surface area contributed by atoms with Gasteiger partial charge in [-0.25, -0.2) is 4.98 Å². The number of rotatable bonds is 4. The van der Waals surface area contributed by atoms with Gasteiger partial charge in [0, 0.05) is 50.3 Å². The molecule has 1 aliphatic carbocycles. The molecule has 2 heterocycles. The average Bonchev–Trinajstić information content (AvgIpc) is 3.07. The number of nitrogen functional groups attached to an aromatic ring is 1. The standard InChI is InChI=1S/C16H25N5O/c1-11-7-14(19-16(17)18-11)20(2)9-12-8-15(22)21(10-12)13-5-3-4-6-13/h7,12-13H,3-6,8-10H2,1-2H3,(H2,17,18,19)/t12-/m1/s1. The predicted octanol–water partition coefficient (Wildman–Crippen LogP) is 1.59. The maximum Gasteiger partial charge on any atom is 0.223 e. The number of nitrogens with zero attached hydrogens (tertiary/aromatic N) is 4. The van der Waals surface area contributed by atoms with Crippen LogP contribution in [-0.4, -0.2) is 47.0 Å². The molecule has 22 heavy (non-hydrogen) atoms. The van der Waals surface area contributed by atoms with Crippen molar-refractivity contribution >= 4 is 17.7 Å². The van der Waals surface area contributed by atoms with E-state index in [0.717, 1.165) is 24.6 Å². The van der Waals surface area contributed by atoms with Crippen LogP contribution in [0.2, 0.25) is 0 Å². The van der Waals surface area contributed by atoms with Crippen molar-refractivity contribution in [2.45, 2.75) is 45.1 Å². The van der Waals surface area contributed by atoms with E-state index in [9.17, 15) is 4.79 Å². The van der Waals surface area contributed by atoms with Crippen LogP contribution in [0.3, 0.4) is 0 Å². The van der Waals surface area contributed by atoms with Crippen LogP contribution < -0.4 is 10.6 Å². The van der Waals surface area contributed by atoms with Crippen molar-refractivity contribution in [2.75, 3.05) is 30.8 Å². The fourth-order valence-electron chi connectivity index (χ4n) is 3.75. The van der Waals surface area contributed by atoms with Crippen LogP contribution in [0.25, 0.3) is 0 Å². The molecule has 1 aliphatic heterocycles. The number of hydrogen-bond acceptors (Lipinski definition) is 5. The number of hydrogen-bond donors (Lipinski definition) is 1. The van der Waals surface area contributed by atoms with Gasteiger partial charge >= 0.3 is 0 Å². The molecular formula is C16H25N5O. The summed E-state index contributed by atoms with van der Waals surface area (Å²) in [6, 6.07) is 2.42. The lowest BCUT2D eigenvalue weighted by Crippen LogP contribution is -2.35. The molecule has 2 aliphatic rings. The molecule has 1 atom stereocenters. The summed E-state index contributed by atoms with van der Waals surface area (Å²) in [7, 11) is 2.00. The van der Waals surface area contributed by atoms with Crippen molar-refractivity contribution in [1.82, 2.24) is 14.9 Å². The number of likely N-dealkylation sites (tertiary alicyclic amines) is 1. The third-order valence-electron chi connectivity index (χ3n) is 4.79. The van der Waals surface area contributed by atoms with Crippen molar-refractivity contribution in [1.29, 1.82) is 0 Å². The zero-order valence-electron chi connectivity index (χ0n) is 13.5. The summed E-state index contributed by atoms with van der Waals surface area (Å²) >= 11 is 0. The number of aromatic nitrogens is 2. The number of carbonyl (C=O) groups excluding carboxylic acids is 1. The van der Waals surface area contributed by atoms with Gasteiger partial charge in [-0.15, -0.1) is 0 Å². The summed E-state index contributed by atoms with van der Waals surface area (Å²) < 4.78 is 0. The van der Waals surface area contributed by atoms with E-state index < -0.39 is 0 Å². The lowest BCUT2D eigenvalue weighted by Gasteiger charge is -2.25. The highest BCUT2D eigenvalue weighted by molar-refractivity contribution is 5.79. The number of amides is 1. The Morgan fingerprint density at radius 2 is 2.09 bits per heavy atom. The molecule has 6 heteroatoms. The average molecular weight is 303 g/mol. The Morgan fingerprint density at radius 1 is 1.36 bits per heavy atom. The topological polar surface area (TPSA) is 75.4 Å². The highest BCUT2D eigenvalue weighted by Crippen LogP contribution is 2.30. The minimum absolute atomic E-state index is 0.303. The maximum absolute atomic E-state index is 12.3. The van der Waals surface area contributed by atoms with Crippen LogP contribution in [0.4, 0.5) is 11.8 Å². The molecule has 1 saturated heterocycles. The molecule has 0 aromatic carbocycles. The first-order chi connectivity index (χ1) is 10.5. The van der Waals surface area contributed by atoms with Gasteiger partial charge in [0.1, 0.15) is 5.82 Å². The second-order valence-corrected chi connectivity index (χ2v) is 6.66. The molecule has 0 bridgehead atoms. The number of nitrogens with two attached hydrogens (primary N) is 1. The summed E-state index contributed by atoms with van der Waals surface area (Å²) in [6.07, 6.45) is 5.53. The van der Waals surface area contributed by atoms with Crippen LogP contribution in [0.5, 0.6) is 0 Å². The lowest BCUT2D eigenvalue weighted by molar-refractivity contribution is -0.129. The van der Waals surface area contributed by atoms with Crippen LogP contribution in [0, 0.1) is 12.8 Å². The van der Waals surface area contributed by atoms with Crippen LogP contribution in [0.1, 0.15) is 37.8 Å². The van der Waals surface area contributed by atoms with E-state index in [1.165, 1.54) is 25.7 Å². The summed E-state index contributed by atoms with van der Waals surface area (Å²) in [5.41, 5.74) is 6.59. The molecule has 0 radical (unpaired) electrons. The molecule has 1 amide bonds. The molecule has 120 valence electrons. The Morgan fingerprint density at radius 3 is 2.77 bits per heavy atom. The highest BCUT2D eigenvalue weighted by Gasteiger charge is 2.35. The molecule has 0 unspecified atom stereocenters. The summed E-state index contributed by atoms with van der Waals surface area (Å²) in [5, 5.41) is 0. The van der Waals surface area contributed by atoms with Gasteiger partial charge in [-0.3, -0.25) is 4.79 Å². The first-order valence-electron chi connectivity index (χ1n) is 8.14. The van der Waals surface area contributed by atoms with E-state index in [4.69, 9.17) is 5.73 Å². The molecule has 1 aromatic rings. The van der Waals surface area contributed by atoms with Crippen molar-refractivity contribution < 1.29 is 4.79 Å². The first kappa shape index (κ1) is 15.1. The molecule has 6 nitrogen and oxygen atoms in total. The summed E-state index contributed by atoms with van der Waals surface area (Å²) in [5.74, 6) is 1.83. The van der Waals surface area contributed by atoms with E-state index >= 15 is 0 Å². The van der Waals surface area contributed by atoms with Gasteiger partial charge in [0.25, 0.3) is 0 Å². The van der Waals surface area contributed by atoms with Crippen molar-refractivity contribution in [3.05, 3.63) is 11.8 Å². The van der Waals surface area contributed by atoms with E-state index in [1.54, 1.807) is 0 Å². The minimum atomic E-state index is 0.303. The van der Waals surface area contributed by atoms with Crippen LogP contribution in [-0.2, 0) is 4.79 Å². The second-order valence-electron chi connectivity index (χ2n) is 6.66. The number of carbonyl (C=O) groups is 1. The Labute approximate surface area is 131 Å². The molecular weight excluding hydrogens is 278 g/mol. The van der Waals surface area contributed by atoms with E-state index in [1.807, 2.05) is 20.0 Å². The molecule has 0 spiro atoms. The lowest BCUT2D eigenvalue weighted by atomic mass is 10.1. The second kappa shape index (κ2) is 6.10. The summed E-state index contributed by atoms with van der Waals surface area (Å²) in [6.45, 7) is 3.62. The minimum Gasteiger partial charge on any atom is -0.368 e. The van der Waals surface area contributed by atoms with Gasteiger partial charge in [0.15, 0.2) is 0 Å². The van der Waals surface area contributed by atoms with Crippen molar-refractivity contribution in [3.63, 3.8) is 0 Å². The Bertz CT molecular complexity index is 535. The zero-order chi connectivity index (χ0) is 15.7. The fraction of sp³-hybridized carbons (Fsp3) is 0.688. The highest BCUT2D eigenvalue weighted by atomic mass is 16.2. The van der Waals surface area contributed by atoms with E-state index in [2.05, 4.69) is 19.8 Å². The van der Waals surface area contributed by atoms with Gasteiger partial charge in [0.05, 0.1) is 0 Å². The molecule has 1 aromatic heterocycles. The molecule has 2 fully saturated rings. The van der Waals surface area contributed by atoms with Gasteiger partial charge in [-0.1, -0.05) is 12.8 Å². The Hall–Kier alpha value is -1.85. The molecule has 2 N–H and O–H groups in total. The zero-order valence-corrected chi connectivity index (χ0v) is 13.5. The smallest absolute Gasteiger partial charge is 0.223 e. The SMILES string of the molecule is Cc1cc(N(C)C[C@H]2CC(=O)N(C3CCCC3)C2)nc(N)n1. The van der Waals surface area contributed by atoms with Gasteiger partial charge in [-0.2, -0.15) is 4.98 Å². The maximum atomic E-state index is 12.3. The monoisotopic (exact) mass is 303 g/mol. The quantitative estimate of drug-likeness (QED) is 0.914. The molecule has 1 saturated carbocycles. The van der Waals surface area contributed by atoms with E-state index in [-0.39, 0.29) is 0 Å². The third-order valence-corrected chi connectivity index (χ3v) is 4.79. The van der Waals surface area contributed by atoms with Gasteiger partial charge in [0.2, 0.25) is 11.9 Å². The normalized spacial score (nSPS) is 22.5.